The summed E-state index contributed by atoms with van der Waals surface area (Å²) in [6.07, 6.45) is 15.6. The van der Waals surface area contributed by atoms with Crippen molar-refractivity contribution in [2.24, 2.45) is 11.8 Å². The van der Waals surface area contributed by atoms with Crippen LogP contribution in [0.25, 0.3) is 77.7 Å². The second-order valence-corrected chi connectivity index (χ2v) is 20.6. The van der Waals surface area contributed by atoms with Crippen molar-refractivity contribution in [3.05, 3.63) is 131 Å². The van der Waals surface area contributed by atoms with Crippen molar-refractivity contribution in [2.75, 3.05) is 0 Å². The summed E-state index contributed by atoms with van der Waals surface area (Å²) in [5, 5.41) is 0. The molecule has 0 fully saturated rings. The zero-order valence-electron chi connectivity index (χ0n) is 40.2. The van der Waals surface area contributed by atoms with Crippen LogP contribution in [0.5, 0.6) is 0 Å². The van der Waals surface area contributed by atoms with E-state index in [0.717, 1.165) is 112 Å². The normalized spacial score (nSPS) is 15.3. The summed E-state index contributed by atoms with van der Waals surface area (Å²) in [4.78, 5) is 0. The highest BCUT2D eigenvalue weighted by Gasteiger charge is 2.39. The van der Waals surface area contributed by atoms with Gasteiger partial charge in [0.25, 0.3) is 0 Å². The van der Waals surface area contributed by atoms with Crippen molar-refractivity contribution in [3.63, 3.8) is 0 Å². The molecule has 1 aliphatic carbocycles. The molecular weight excluding hydrogens is 867 g/mol. The highest BCUT2D eigenvalue weighted by molar-refractivity contribution is 7.00. The van der Waals surface area contributed by atoms with Gasteiger partial charge in [0.05, 0.1) is 23.5 Å². The first-order valence-electron chi connectivity index (χ1n) is 25.0. The average molecular weight is 931 g/mol. The molecule has 67 heavy (non-hydrogen) atoms. The molecule has 4 nitrogen and oxygen atoms in total. The standard InChI is InChI=1S/C59H64F2N4S2/c1-7-11-13-14-32-59(6)51-35-41(43-28-30-49(57-55(43)62-66-64-57)47-24-20-39(33-53(47)60)17-16-37(5)9-3)22-26-45(51)46-27-23-42(36-52(46)59)44-29-31-50(58-56(44)63-67-65-58)48-25-21-40(34-54(48)61)19-18-38(10-4)15-12-8-2/h20-31,33-38H,7-19,32H2,1-6H3. The van der Waals surface area contributed by atoms with Crippen LogP contribution < -0.4 is 0 Å². The van der Waals surface area contributed by atoms with E-state index in [4.69, 9.17) is 17.5 Å². The molecule has 0 saturated carbocycles. The van der Waals surface area contributed by atoms with Gasteiger partial charge >= 0.3 is 0 Å². The minimum absolute atomic E-state index is 0.205. The number of hydrogen-bond donors (Lipinski definition) is 0. The first-order valence-corrected chi connectivity index (χ1v) is 26.5. The van der Waals surface area contributed by atoms with Gasteiger partial charge in [-0.1, -0.05) is 172 Å². The third-order valence-corrected chi connectivity index (χ3v) is 16.2. The highest BCUT2D eigenvalue weighted by Crippen LogP contribution is 2.54. The molecular formula is C59H64F2N4S2. The molecule has 0 amide bonds. The lowest BCUT2D eigenvalue weighted by molar-refractivity contribution is 0.421. The quantitative estimate of drug-likeness (QED) is 0.0715. The van der Waals surface area contributed by atoms with Crippen molar-refractivity contribution in [1.29, 1.82) is 0 Å². The molecule has 346 valence electrons. The minimum atomic E-state index is -0.249. The van der Waals surface area contributed by atoms with E-state index in [1.54, 1.807) is 12.1 Å². The molecule has 0 N–H and O–H groups in total. The van der Waals surface area contributed by atoms with E-state index < -0.39 is 0 Å². The van der Waals surface area contributed by atoms with Gasteiger partial charge in [-0.3, -0.25) is 0 Å². The topological polar surface area (TPSA) is 51.6 Å². The number of unbranched alkanes of at least 4 members (excludes halogenated alkanes) is 4. The molecule has 2 heterocycles. The van der Waals surface area contributed by atoms with E-state index in [9.17, 15) is 0 Å². The largest absolute Gasteiger partial charge is 0.206 e. The monoisotopic (exact) mass is 930 g/mol. The second kappa shape index (κ2) is 20.6. The van der Waals surface area contributed by atoms with Gasteiger partial charge in [0.1, 0.15) is 33.7 Å². The molecule has 0 saturated heterocycles. The lowest BCUT2D eigenvalue weighted by Gasteiger charge is -2.28. The van der Waals surface area contributed by atoms with Gasteiger partial charge < -0.3 is 0 Å². The van der Waals surface area contributed by atoms with Crippen LogP contribution in [-0.2, 0) is 18.3 Å². The lowest BCUT2D eigenvalue weighted by Crippen LogP contribution is -2.21. The maximum atomic E-state index is 16.0. The predicted octanol–water partition coefficient (Wildman–Crippen LogP) is 18.0. The Kier molecular flexibility index (Phi) is 14.4. The highest BCUT2D eigenvalue weighted by atomic mass is 32.1. The zero-order valence-corrected chi connectivity index (χ0v) is 41.8. The number of aromatic nitrogens is 4. The van der Waals surface area contributed by atoms with Crippen LogP contribution in [0.2, 0.25) is 0 Å². The zero-order chi connectivity index (χ0) is 46.7. The number of hydrogen-bond acceptors (Lipinski definition) is 6. The van der Waals surface area contributed by atoms with Gasteiger partial charge in [0.2, 0.25) is 0 Å². The van der Waals surface area contributed by atoms with Gasteiger partial charge in [0.15, 0.2) is 0 Å². The van der Waals surface area contributed by atoms with Crippen LogP contribution in [0.3, 0.4) is 0 Å². The Balaban J connectivity index is 1.03. The minimum Gasteiger partial charge on any atom is -0.206 e. The van der Waals surface area contributed by atoms with Gasteiger partial charge in [-0.05, 0) is 113 Å². The summed E-state index contributed by atoms with van der Waals surface area (Å²) in [5.74, 6) is 0.879. The Bertz CT molecular complexity index is 3020. The molecule has 1 aliphatic rings. The Morgan fingerprint density at radius 3 is 1.42 bits per heavy atom. The molecule has 2 aromatic heterocycles. The smallest absolute Gasteiger partial charge is 0.131 e. The fourth-order valence-electron chi connectivity index (χ4n) is 10.7. The second-order valence-electron chi connectivity index (χ2n) is 19.5. The summed E-state index contributed by atoms with van der Waals surface area (Å²) in [6.45, 7) is 13.7. The van der Waals surface area contributed by atoms with Crippen molar-refractivity contribution < 1.29 is 8.78 Å². The first-order chi connectivity index (χ1) is 32.6. The Morgan fingerprint density at radius 2 is 0.940 bits per heavy atom. The van der Waals surface area contributed by atoms with Crippen LogP contribution in [0.15, 0.2) is 97.1 Å². The number of aryl methyl sites for hydroxylation is 2. The number of rotatable bonds is 20. The van der Waals surface area contributed by atoms with Crippen molar-refractivity contribution >= 4 is 45.5 Å². The molecule has 0 aliphatic heterocycles. The molecule has 6 aromatic carbocycles. The van der Waals surface area contributed by atoms with Crippen LogP contribution in [0.4, 0.5) is 8.78 Å². The molecule has 3 unspecified atom stereocenters. The van der Waals surface area contributed by atoms with Crippen LogP contribution in [-0.4, -0.2) is 17.5 Å². The number of benzene rings is 6. The Hall–Kier alpha value is -5.18. The molecule has 8 heteroatoms. The van der Waals surface area contributed by atoms with Crippen LogP contribution in [0.1, 0.15) is 141 Å². The van der Waals surface area contributed by atoms with Crippen molar-refractivity contribution in [1.82, 2.24) is 17.5 Å². The summed E-state index contributed by atoms with van der Waals surface area (Å²) < 4.78 is 51.0. The number of fused-ring (bicyclic) bond motifs is 5. The van der Waals surface area contributed by atoms with E-state index in [2.05, 4.69) is 102 Å². The average Bonchev–Trinajstić information content (AvgIpc) is 4.10. The van der Waals surface area contributed by atoms with E-state index in [1.807, 2.05) is 24.3 Å². The molecule has 0 spiro atoms. The maximum absolute atomic E-state index is 16.0. The first kappa shape index (κ1) is 46.9. The summed E-state index contributed by atoms with van der Waals surface area (Å²) in [5.41, 5.74) is 16.9. The maximum Gasteiger partial charge on any atom is 0.131 e. The summed E-state index contributed by atoms with van der Waals surface area (Å²) >= 11 is 2.37. The molecule has 9 rings (SSSR count). The summed E-state index contributed by atoms with van der Waals surface area (Å²) in [6, 6.07) is 33.5. The fraction of sp³-hybridized carbons (Fsp3) is 0.390. The molecule has 0 radical (unpaired) electrons. The van der Waals surface area contributed by atoms with Crippen LogP contribution in [0, 0.1) is 23.5 Å². The predicted molar refractivity (Wildman–Crippen MR) is 280 cm³/mol. The van der Waals surface area contributed by atoms with E-state index in [1.165, 1.54) is 90.7 Å². The number of nitrogens with zero attached hydrogens (tertiary/aromatic N) is 4. The van der Waals surface area contributed by atoms with Gasteiger partial charge in [-0.2, -0.15) is 17.5 Å². The van der Waals surface area contributed by atoms with Crippen LogP contribution >= 0.6 is 23.5 Å². The third kappa shape index (κ3) is 9.37. The van der Waals surface area contributed by atoms with Crippen molar-refractivity contribution in [3.8, 4) is 55.6 Å². The van der Waals surface area contributed by atoms with E-state index >= 15 is 8.78 Å². The molecule has 8 aromatic rings. The summed E-state index contributed by atoms with van der Waals surface area (Å²) in [7, 11) is 0. The van der Waals surface area contributed by atoms with Gasteiger partial charge in [-0.25, -0.2) is 8.78 Å². The van der Waals surface area contributed by atoms with E-state index in [-0.39, 0.29) is 17.0 Å². The fourth-order valence-corrected chi connectivity index (χ4v) is 11.8. The molecule has 0 bridgehead atoms. The van der Waals surface area contributed by atoms with Gasteiger partial charge in [-0.15, -0.1) is 0 Å². The number of halogens is 2. The Labute approximate surface area is 405 Å². The SMILES string of the molecule is CCCCCCC1(C)c2cc(-c3ccc(-c4ccc(CCC(C)CC)cc4F)c4nsnc34)ccc2-c2ccc(-c3ccc(-c4ccc(CCC(CC)CCCC)cc4F)c4nsnc34)cc21. The molecule has 3 atom stereocenters. The lowest BCUT2D eigenvalue weighted by atomic mass is 9.75. The third-order valence-electron chi connectivity index (χ3n) is 15.2. The Morgan fingerprint density at radius 1 is 0.478 bits per heavy atom. The van der Waals surface area contributed by atoms with Crippen molar-refractivity contribution in [2.45, 2.75) is 137 Å². The van der Waals surface area contributed by atoms with E-state index in [0.29, 0.717) is 23.0 Å². The van der Waals surface area contributed by atoms with Gasteiger partial charge in [0, 0.05) is 38.8 Å².